The third-order valence-electron chi connectivity index (χ3n) is 2.96. The van der Waals surface area contributed by atoms with Crippen LogP contribution in [-0.2, 0) is 4.79 Å². The van der Waals surface area contributed by atoms with Crippen molar-refractivity contribution >= 4 is 17.8 Å². The Hall–Kier alpha value is -3.42. The van der Waals surface area contributed by atoms with Gasteiger partial charge in [0.2, 0.25) is 0 Å². The van der Waals surface area contributed by atoms with Crippen LogP contribution < -0.4 is 10.2 Å². The van der Waals surface area contributed by atoms with Gasteiger partial charge in [-0.3, -0.25) is 14.9 Å². The first-order valence-electron chi connectivity index (χ1n) is 6.94. The maximum absolute atomic E-state index is 11.6. The Balaban J connectivity index is 1.86. The molecule has 0 saturated carbocycles. The van der Waals surface area contributed by atoms with E-state index >= 15 is 0 Å². The van der Waals surface area contributed by atoms with Crippen molar-refractivity contribution in [2.75, 3.05) is 6.61 Å². The number of phenolic OH excluding ortho intramolecular Hbond substituents is 1. The van der Waals surface area contributed by atoms with Gasteiger partial charge in [0, 0.05) is 6.07 Å². The fourth-order valence-electron chi connectivity index (χ4n) is 1.84. The molecule has 0 aromatic heterocycles. The summed E-state index contributed by atoms with van der Waals surface area (Å²) < 4.78 is 5.31. The number of carbonyl (C=O) groups excluding carboxylic acids is 1. The number of amides is 1. The van der Waals surface area contributed by atoms with Crippen molar-refractivity contribution in [3.8, 4) is 11.5 Å². The van der Waals surface area contributed by atoms with Crippen LogP contribution in [0.4, 0.5) is 5.69 Å². The van der Waals surface area contributed by atoms with Crippen molar-refractivity contribution in [3.05, 3.63) is 63.7 Å². The van der Waals surface area contributed by atoms with Crippen LogP contribution in [0.1, 0.15) is 11.1 Å². The van der Waals surface area contributed by atoms with Crippen LogP contribution in [0.2, 0.25) is 0 Å². The number of nitrogens with one attached hydrogen (secondary N) is 1. The maximum Gasteiger partial charge on any atom is 0.310 e. The van der Waals surface area contributed by atoms with Gasteiger partial charge in [-0.2, -0.15) is 5.10 Å². The average Bonchev–Trinajstić information content (AvgIpc) is 2.53. The standard InChI is InChI=1S/C16H15N3O5/c1-11-3-2-4-13(7-11)24-10-16(21)18-17-9-12-5-6-14(19(22)23)15(20)8-12/h2-9,20H,10H2,1H3,(H,18,21)/b17-9+. The Morgan fingerprint density at radius 2 is 2.17 bits per heavy atom. The summed E-state index contributed by atoms with van der Waals surface area (Å²) in [4.78, 5) is 21.5. The molecule has 0 fully saturated rings. The molecule has 124 valence electrons. The Bertz CT molecular complexity index is 789. The molecule has 0 bridgehead atoms. The normalized spacial score (nSPS) is 10.5. The lowest BCUT2D eigenvalue weighted by molar-refractivity contribution is -0.385. The molecule has 0 radical (unpaired) electrons. The fourth-order valence-corrected chi connectivity index (χ4v) is 1.84. The second-order valence-corrected chi connectivity index (χ2v) is 4.90. The highest BCUT2D eigenvalue weighted by atomic mass is 16.6. The molecular weight excluding hydrogens is 314 g/mol. The van der Waals surface area contributed by atoms with Crippen molar-refractivity contribution in [3.63, 3.8) is 0 Å². The average molecular weight is 329 g/mol. The highest BCUT2D eigenvalue weighted by molar-refractivity contribution is 5.83. The number of hydrogen-bond donors (Lipinski definition) is 2. The van der Waals surface area contributed by atoms with E-state index in [1.165, 1.54) is 18.3 Å². The van der Waals surface area contributed by atoms with E-state index < -0.39 is 22.3 Å². The lowest BCUT2D eigenvalue weighted by Crippen LogP contribution is -2.24. The number of aromatic hydroxyl groups is 1. The van der Waals surface area contributed by atoms with E-state index in [-0.39, 0.29) is 6.61 Å². The number of nitrogens with zero attached hydrogens (tertiary/aromatic N) is 2. The molecule has 2 rings (SSSR count). The first kappa shape index (κ1) is 16.9. The summed E-state index contributed by atoms with van der Waals surface area (Å²) >= 11 is 0. The monoisotopic (exact) mass is 329 g/mol. The number of hydrazone groups is 1. The Labute approximate surface area is 137 Å². The second kappa shape index (κ2) is 7.73. The zero-order valence-electron chi connectivity index (χ0n) is 12.8. The molecule has 1 amide bonds. The third-order valence-corrected chi connectivity index (χ3v) is 2.96. The summed E-state index contributed by atoms with van der Waals surface area (Å²) in [6.45, 7) is 1.71. The van der Waals surface area contributed by atoms with E-state index in [2.05, 4.69) is 10.5 Å². The van der Waals surface area contributed by atoms with Crippen molar-refractivity contribution < 1.29 is 19.6 Å². The van der Waals surface area contributed by atoms with Crippen LogP contribution in [0.5, 0.6) is 11.5 Å². The van der Waals surface area contributed by atoms with E-state index in [0.717, 1.165) is 11.6 Å². The molecule has 0 aliphatic heterocycles. The zero-order chi connectivity index (χ0) is 17.5. The van der Waals surface area contributed by atoms with Crippen LogP contribution in [0, 0.1) is 17.0 Å². The minimum Gasteiger partial charge on any atom is -0.502 e. The predicted molar refractivity (Wildman–Crippen MR) is 87.2 cm³/mol. The summed E-state index contributed by atoms with van der Waals surface area (Å²) in [6, 6.07) is 11.0. The molecule has 24 heavy (non-hydrogen) atoms. The van der Waals surface area contributed by atoms with Gasteiger partial charge in [-0.25, -0.2) is 5.43 Å². The van der Waals surface area contributed by atoms with Crippen molar-refractivity contribution in [1.29, 1.82) is 0 Å². The Morgan fingerprint density at radius 3 is 2.83 bits per heavy atom. The number of hydrogen-bond acceptors (Lipinski definition) is 6. The molecule has 2 N–H and O–H groups in total. The number of rotatable bonds is 6. The molecule has 0 heterocycles. The molecule has 0 aliphatic carbocycles. The molecule has 8 heteroatoms. The summed E-state index contributed by atoms with van der Waals surface area (Å²) in [6.07, 6.45) is 1.26. The van der Waals surface area contributed by atoms with Crippen molar-refractivity contribution in [2.24, 2.45) is 5.10 Å². The van der Waals surface area contributed by atoms with Crippen LogP contribution in [-0.4, -0.2) is 28.8 Å². The van der Waals surface area contributed by atoms with Crippen molar-refractivity contribution in [1.82, 2.24) is 5.43 Å². The van der Waals surface area contributed by atoms with Crippen LogP contribution in [0.15, 0.2) is 47.6 Å². The van der Waals surface area contributed by atoms with Gasteiger partial charge in [-0.05, 0) is 42.3 Å². The van der Waals surface area contributed by atoms with Gasteiger partial charge in [0.15, 0.2) is 12.4 Å². The number of carbonyl (C=O) groups is 1. The first-order valence-corrected chi connectivity index (χ1v) is 6.94. The van der Waals surface area contributed by atoms with Crippen LogP contribution in [0.25, 0.3) is 0 Å². The van der Waals surface area contributed by atoms with Gasteiger partial charge >= 0.3 is 5.69 Å². The molecule has 0 unspecified atom stereocenters. The van der Waals surface area contributed by atoms with Crippen molar-refractivity contribution in [2.45, 2.75) is 6.92 Å². The van der Waals surface area contributed by atoms with Gasteiger partial charge in [-0.15, -0.1) is 0 Å². The maximum atomic E-state index is 11.6. The minimum atomic E-state index is -0.694. The summed E-state index contributed by atoms with van der Waals surface area (Å²) in [7, 11) is 0. The molecule has 8 nitrogen and oxygen atoms in total. The van der Waals surface area contributed by atoms with E-state index in [1.807, 2.05) is 19.1 Å². The SMILES string of the molecule is Cc1cccc(OCC(=O)N/N=C/c2ccc([N+](=O)[O-])c(O)c2)c1. The molecular formula is C16H15N3O5. The summed E-state index contributed by atoms with van der Waals surface area (Å²) in [5.41, 5.74) is 3.28. The topological polar surface area (TPSA) is 114 Å². The van der Waals surface area contributed by atoms with Gasteiger partial charge in [0.1, 0.15) is 5.75 Å². The molecule has 0 atom stereocenters. The Kier molecular flexibility index (Phi) is 5.45. The lowest BCUT2D eigenvalue weighted by Gasteiger charge is -2.05. The Morgan fingerprint density at radius 1 is 1.38 bits per heavy atom. The number of nitro groups is 1. The molecule has 0 saturated heterocycles. The van der Waals surface area contributed by atoms with E-state index in [1.54, 1.807) is 12.1 Å². The number of phenols is 1. The zero-order valence-corrected chi connectivity index (χ0v) is 12.8. The minimum absolute atomic E-state index is 0.202. The molecule has 2 aromatic carbocycles. The molecule has 0 aliphatic rings. The van der Waals surface area contributed by atoms with E-state index in [9.17, 15) is 20.0 Å². The first-order chi connectivity index (χ1) is 11.5. The quantitative estimate of drug-likeness (QED) is 0.479. The summed E-state index contributed by atoms with van der Waals surface area (Å²) in [5.74, 6) is -0.355. The van der Waals surface area contributed by atoms with E-state index in [4.69, 9.17) is 4.74 Å². The second-order valence-electron chi connectivity index (χ2n) is 4.90. The van der Waals surface area contributed by atoms with Crippen LogP contribution >= 0.6 is 0 Å². The van der Waals surface area contributed by atoms with Gasteiger partial charge in [0.05, 0.1) is 11.1 Å². The molecule has 2 aromatic rings. The predicted octanol–water partition coefficient (Wildman–Crippen LogP) is 2.14. The highest BCUT2D eigenvalue weighted by Crippen LogP contribution is 2.25. The van der Waals surface area contributed by atoms with Gasteiger partial charge in [0.25, 0.3) is 5.91 Å². The third kappa shape index (κ3) is 4.80. The lowest BCUT2D eigenvalue weighted by atomic mass is 10.2. The number of nitro benzene ring substituents is 1. The fraction of sp³-hybridized carbons (Fsp3) is 0.125. The number of aryl methyl sites for hydroxylation is 1. The van der Waals surface area contributed by atoms with Gasteiger partial charge < -0.3 is 9.84 Å². The summed E-state index contributed by atoms with van der Waals surface area (Å²) in [5, 5.41) is 23.8. The van der Waals surface area contributed by atoms with Crippen LogP contribution in [0.3, 0.4) is 0 Å². The highest BCUT2D eigenvalue weighted by Gasteiger charge is 2.12. The molecule has 0 spiro atoms. The van der Waals surface area contributed by atoms with Gasteiger partial charge in [-0.1, -0.05) is 12.1 Å². The smallest absolute Gasteiger partial charge is 0.310 e. The number of ether oxygens (including phenoxy) is 1. The largest absolute Gasteiger partial charge is 0.502 e. The van der Waals surface area contributed by atoms with E-state index in [0.29, 0.717) is 11.3 Å². The number of benzene rings is 2.